The molecule has 0 N–H and O–H groups in total. The fourth-order valence-corrected chi connectivity index (χ4v) is 5.23. The van der Waals surface area contributed by atoms with Gasteiger partial charge in [0.1, 0.15) is 12.2 Å². The molecule has 0 amide bonds. The van der Waals surface area contributed by atoms with Crippen LogP contribution in [0.25, 0.3) is 0 Å². The van der Waals surface area contributed by atoms with Gasteiger partial charge in [0.15, 0.2) is 6.79 Å². The van der Waals surface area contributed by atoms with Gasteiger partial charge in [0.25, 0.3) is 0 Å². The highest BCUT2D eigenvalue weighted by molar-refractivity contribution is 5.86. The summed E-state index contributed by atoms with van der Waals surface area (Å²) in [6.45, 7) is 5.05. The van der Waals surface area contributed by atoms with Crippen LogP contribution < -0.4 is 0 Å². The topological polar surface area (TPSA) is 61.8 Å². The largest absolute Gasteiger partial charge is 0.459 e. The molecule has 4 aliphatic rings. The van der Waals surface area contributed by atoms with Crippen LogP contribution in [0.1, 0.15) is 32.6 Å². The van der Waals surface area contributed by atoms with Crippen molar-refractivity contribution in [3.8, 4) is 0 Å². The second-order valence-electron chi connectivity index (χ2n) is 7.11. The fraction of sp³-hybridized carbons (Fsp3) is 0.750. The molecule has 4 rings (SSSR count). The molecule has 0 aromatic rings. The third-order valence-corrected chi connectivity index (χ3v) is 5.87. The quantitative estimate of drug-likeness (QED) is 0.449. The van der Waals surface area contributed by atoms with Crippen molar-refractivity contribution in [3.05, 3.63) is 12.2 Å². The third kappa shape index (κ3) is 1.73. The molecule has 6 unspecified atom stereocenters. The highest BCUT2D eigenvalue weighted by Gasteiger charge is 2.71. The Labute approximate surface area is 123 Å². The van der Waals surface area contributed by atoms with Gasteiger partial charge in [-0.05, 0) is 44.4 Å². The summed E-state index contributed by atoms with van der Waals surface area (Å²) in [6, 6.07) is 0. The van der Waals surface area contributed by atoms with E-state index >= 15 is 0 Å². The Morgan fingerprint density at radius 3 is 3.00 bits per heavy atom. The number of fused-ring (bicyclic) bond motifs is 2. The van der Waals surface area contributed by atoms with Crippen LogP contribution in [-0.4, -0.2) is 30.9 Å². The molecule has 4 fully saturated rings. The Kier molecular flexibility index (Phi) is 2.74. The van der Waals surface area contributed by atoms with Crippen molar-refractivity contribution in [3.63, 3.8) is 0 Å². The van der Waals surface area contributed by atoms with Crippen molar-refractivity contribution < 1.29 is 23.8 Å². The van der Waals surface area contributed by atoms with Gasteiger partial charge in [-0.3, -0.25) is 4.79 Å². The highest BCUT2D eigenvalue weighted by atomic mass is 16.7. The van der Waals surface area contributed by atoms with E-state index in [9.17, 15) is 9.59 Å². The number of carbonyl (C=O) groups excluding carboxylic acids is 2. The van der Waals surface area contributed by atoms with E-state index in [4.69, 9.17) is 14.2 Å². The number of rotatable bonds is 4. The van der Waals surface area contributed by atoms with Crippen molar-refractivity contribution in [2.24, 2.45) is 23.2 Å². The lowest BCUT2D eigenvalue weighted by atomic mass is 9.73. The Bertz CT molecular complexity index is 527. The molecule has 0 radical (unpaired) electrons. The second kappa shape index (κ2) is 4.32. The van der Waals surface area contributed by atoms with Crippen LogP contribution >= 0.6 is 0 Å². The van der Waals surface area contributed by atoms with E-state index in [0.29, 0.717) is 17.4 Å². The van der Waals surface area contributed by atoms with Crippen molar-refractivity contribution in [1.82, 2.24) is 0 Å². The van der Waals surface area contributed by atoms with Crippen molar-refractivity contribution in [2.75, 3.05) is 6.79 Å². The minimum absolute atomic E-state index is 0.00763. The first-order chi connectivity index (χ1) is 10.0. The molecule has 6 atom stereocenters. The van der Waals surface area contributed by atoms with Gasteiger partial charge < -0.3 is 14.2 Å². The molecule has 21 heavy (non-hydrogen) atoms. The summed E-state index contributed by atoms with van der Waals surface area (Å²) in [7, 11) is 0. The minimum Gasteiger partial charge on any atom is -0.459 e. The van der Waals surface area contributed by atoms with Crippen molar-refractivity contribution >= 4 is 11.9 Å². The molecule has 1 heterocycles. The maximum Gasteiger partial charge on any atom is 0.335 e. The smallest absolute Gasteiger partial charge is 0.335 e. The Morgan fingerprint density at radius 2 is 2.24 bits per heavy atom. The number of carbonyl (C=O) groups is 2. The van der Waals surface area contributed by atoms with Gasteiger partial charge in [0.05, 0.1) is 5.92 Å². The molecule has 3 saturated carbocycles. The summed E-state index contributed by atoms with van der Waals surface area (Å²) < 4.78 is 16.5. The average molecular weight is 292 g/mol. The Morgan fingerprint density at radius 1 is 1.43 bits per heavy atom. The molecule has 3 bridgehead atoms. The molecule has 5 heteroatoms. The monoisotopic (exact) mass is 292 g/mol. The highest BCUT2D eigenvalue weighted by Crippen LogP contribution is 2.68. The van der Waals surface area contributed by atoms with E-state index in [1.807, 2.05) is 0 Å². The predicted molar refractivity (Wildman–Crippen MR) is 71.9 cm³/mol. The van der Waals surface area contributed by atoms with Crippen LogP contribution in [0.3, 0.4) is 0 Å². The van der Waals surface area contributed by atoms with E-state index in [1.165, 1.54) is 0 Å². The van der Waals surface area contributed by atoms with Crippen molar-refractivity contribution in [2.45, 2.75) is 44.8 Å². The summed E-state index contributed by atoms with van der Waals surface area (Å²) in [5, 5.41) is 0. The number of hydrogen-bond donors (Lipinski definition) is 0. The second-order valence-corrected chi connectivity index (χ2v) is 7.11. The minimum atomic E-state index is -0.447. The number of ether oxygens (including phenoxy) is 3. The number of hydrogen-bond acceptors (Lipinski definition) is 5. The molecule has 1 aliphatic heterocycles. The lowest BCUT2D eigenvalue weighted by Gasteiger charge is -2.28. The van der Waals surface area contributed by atoms with Gasteiger partial charge in [-0.25, -0.2) is 4.79 Å². The summed E-state index contributed by atoms with van der Waals surface area (Å²) in [6.07, 6.45) is 3.94. The van der Waals surface area contributed by atoms with Crippen LogP contribution in [0, 0.1) is 23.2 Å². The summed E-state index contributed by atoms with van der Waals surface area (Å²) in [4.78, 5) is 23.5. The SMILES string of the molecule is C=C(C)C(=O)OCOC1C2CC3CC4C(=O)OC1C4(C3)C2. The predicted octanol–water partition coefficient (Wildman–Crippen LogP) is 1.81. The molecule has 1 spiro atoms. The first kappa shape index (κ1) is 13.3. The maximum atomic E-state index is 12.1. The lowest BCUT2D eigenvalue weighted by molar-refractivity contribution is -0.171. The van der Waals surface area contributed by atoms with Crippen molar-refractivity contribution in [1.29, 1.82) is 0 Å². The summed E-state index contributed by atoms with van der Waals surface area (Å²) >= 11 is 0. The van der Waals surface area contributed by atoms with Crippen LogP contribution in [0.15, 0.2) is 12.2 Å². The zero-order chi connectivity index (χ0) is 14.8. The molecule has 3 aliphatic carbocycles. The zero-order valence-corrected chi connectivity index (χ0v) is 12.2. The fourth-order valence-electron chi connectivity index (χ4n) is 5.23. The zero-order valence-electron chi connectivity index (χ0n) is 12.2. The molecule has 0 aromatic heterocycles. The van der Waals surface area contributed by atoms with E-state index in [0.717, 1.165) is 25.7 Å². The Balaban J connectivity index is 1.47. The van der Waals surface area contributed by atoms with Gasteiger partial charge in [-0.2, -0.15) is 0 Å². The molecule has 5 nitrogen and oxygen atoms in total. The third-order valence-electron chi connectivity index (χ3n) is 5.87. The van der Waals surface area contributed by atoms with Gasteiger partial charge in [0, 0.05) is 11.0 Å². The van der Waals surface area contributed by atoms with Gasteiger partial charge in [-0.1, -0.05) is 6.58 Å². The van der Waals surface area contributed by atoms with E-state index in [-0.39, 0.29) is 36.3 Å². The lowest BCUT2D eigenvalue weighted by Crippen LogP contribution is -2.35. The summed E-state index contributed by atoms with van der Waals surface area (Å²) in [5.41, 5.74) is 0.363. The standard InChI is InChI=1S/C16H20O5/c1-8(2)14(17)20-7-19-12-10-3-9-4-11-15(18)21-13(12)16(11,5-9)6-10/h9-13H,1,3-7H2,2H3. The van der Waals surface area contributed by atoms with E-state index in [1.54, 1.807) is 6.92 Å². The van der Waals surface area contributed by atoms with Crippen LogP contribution in [0.2, 0.25) is 0 Å². The number of esters is 2. The first-order valence-corrected chi connectivity index (χ1v) is 7.66. The van der Waals surface area contributed by atoms with Crippen LogP contribution in [-0.2, 0) is 23.8 Å². The van der Waals surface area contributed by atoms with Gasteiger partial charge >= 0.3 is 11.9 Å². The summed E-state index contributed by atoms with van der Waals surface area (Å²) in [5.74, 6) is 0.641. The normalized spacial score (nSPS) is 45.6. The Hall–Kier alpha value is -1.36. The average Bonchev–Trinajstić information content (AvgIpc) is 2.93. The van der Waals surface area contributed by atoms with Crippen LogP contribution in [0.5, 0.6) is 0 Å². The maximum absolute atomic E-state index is 12.1. The van der Waals surface area contributed by atoms with Gasteiger partial charge in [0.2, 0.25) is 0 Å². The molecule has 1 saturated heterocycles. The first-order valence-electron chi connectivity index (χ1n) is 7.66. The molecular formula is C16H20O5. The van der Waals surface area contributed by atoms with E-state index < -0.39 is 5.97 Å². The van der Waals surface area contributed by atoms with Crippen LogP contribution in [0.4, 0.5) is 0 Å². The molecule has 114 valence electrons. The molecule has 0 aromatic carbocycles. The van der Waals surface area contributed by atoms with E-state index in [2.05, 4.69) is 6.58 Å². The van der Waals surface area contributed by atoms with Gasteiger partial charge in [-0.15, -0.1) is 0 Å². The molecular weight excluding hydrogens is 272 g/mol.